The summed E-state index contributed by atoms with van der Waals surface area (Å²) in [7, 11) is 0. The highest BCUT2D eigenvalue weighted by molar-refractivity contribution is 7.16. The van der Waals surface area contributed by atoms with E-state index >= 15 is 0 Å². The quantitative estimate of drug-likeness (QED) is 0.227. The van der Waals surface area contributed by atoms with Gasteiger partial charge in [-0.05, 0) is 62.7 Å². The van der Waals surface area contributed by atoms with Crippen molar-refractivity contribution in [3.63, 3.8) is 0 Å². The maximum absolute atomic E-state index is 13.5. The Morgan fingerprint density at radius 1 is 1.00 bits per heavy atom. The molecule has 0 amide bonds. The molecular weight excluding hydrogens is 542 g/mol. The lowest BCUT2D eigenvalue weighted by molar-refractivity contribution is 0.0516. The zero-order valence-electron chi connectivity index (χ0n) is 23.2. The molecule has 4 aromatic rings. The molecule has 0 fully saturated rings. The van der Waals surface area contributed by atoms with Gasteiger partial charge in [-0.25, -0.2) is 19.1 Å². The molecule has 1 aliphatic rings. The number of ether oxygens (including phenoxy) is 2. The van der Waals surface area contributed by atoms with Crippen LogP contribution in [0.4, 0.5) is 5.00 Å². The number of carbonyl (C=O) groups is 2. The minimum Gasteiger partial charge on any atom is -0.494 e. The van der Waals surface area contributed by atoms with E-state index in [1.165, 1.54) is 22.1 Å². The normalized spacial score (nSPS) is 13.4. The van der Waals surface area contributed by atoms with E-state index in [0.717, 1.165) is 36.5 Å². The molecule has 0 spiro atoms. The number of thiophene rings is 1. The van der Waals surface area contributed by atoms with Crippen molar-refractivity contribution in [2.24, 2.45) is 4.99 Å². The molecule has 3 heterocycles. The number of fused-ring (bicyclic) bond motifs is 2. The van der Waals surface area contributed by atoms with Gasteiger partial charge in [-0.1, -0.05) is 25.1 Å². The van der Waals surface area contributed by atoms with Gasteiger partial charge in [0, 0.05) is 35.0 Å². The summed E-state index contributed by atoms with van der Waals surface area (Å²) in [5, 5.41) is 12.9. The largest absolute Gasteiger partial charge is 0.494 e. The Bertz CT molecular complexity index is 1700. The van der Waals surface area contributed by atoms with Crippen molar-refractivity contribution in [3.05, 3.63) is 86.0 Å². The number of carbonyl (C=O) groups excluding carboxylic acids is 2. The van der Waals surface area contributed by atoms with Gasteiger partial charge >= 0.3 is 11.9 Å². The highest BCUT2D eigenvalue weighted by Gasteiger charge is 2.28. The molecule has 0 bridgehead atoms. The molecule has 0 unspecified atom stereocenters. The van der Waals surface area contributed by atoms with Gasteiger partial charge in [-0.2, -0.15) is 0 Å². The molecule has 2 aromatic carbocycles. The lowest BCUT2D eigenvalue weighted by atomic mass is 10.0. The maximum atomic E-state index is 13.5. The summed E-state index contributed by atoms with van der Waals surface area (Å²) in [5.41, 5.74) is 2.04. The number of rotatable bonds is 8. The van der Waals surface area contributed by atoms with Crippen LogP contribution in [0.15, 0.2) is 58.3 Å². The molecule has 1 N–H and O–H groups in total. The first-order valence-corrected chi connectivity index (χ1v) is 14.4. The van der Waals surface area contributed by atoms with Gasteiger partial charge in [0.1, 0.15) is 5.00 Å². The third kappa shape index (κ3) is 5.40. The molecule has 2 aromatic heterocycles. The minimum atomic E-state index is -0.472. The van der Waals surface area contributed by atoms with Crippen LogP contribution in [0.2, 0.25) is 0 Å². The molecule has 5 rings (SSSR count). The second kappa shape index (κ2) is 12.1. The third-order valence-electron chi connectivity index (χ3n) is 7.10. The highest BCUT2D eigenvalue weighted by Crippen LogP contribution is 2.40. The topological polar surface area (TPSA) is 110 Å². The molecule has 0 aliphatic carbocycles. The first-order valence-electron chi connectivity index (χ1n) is 13.6. The van der Waals surface area contributed by atoms with Gasteiger partial charge in [0.25, 0.3) is 5.56 Å². The third-order valence-corrected chi connectivity index (χ3v) is 8.22. The van der Waals surface area contributed by atoms with Crippen LogP contribution >= 0.6 is 11.3 Å². The van der Waals surface area contributed by atoms with E-state index in [2.05, 4.69) is 11.8 Å². The summed E-state index contributed by atoms with van der Waals surface area (Å²) in [4.78, 5) is 46.7. The fourth-order valence-corrected chi connectivity index (χ4v) is 6.25. The first kappa shape index (κ1) is 28.3. The Hall–Kier alpha value is -4.28. The van der Waals surface area contributed by atoms with Gasteiger partial charge in [-0.3, -0.25) is 9.69 Å². The first-order chi connectivity index (χ1) is 19.9. The SMILES string of the molecule is CCOC(=O)c1ccc(-n2c(O)c(/C=N/c3sc4c(c3C(=O)OCC)CCN(CC)C4)c3ccccc3c2=O)cc1. The van der Waals surface area contributed by atoms with Gasteiger partial charge in [0.15, 0.2) is 0 Å². The highest BCUT2D eigenvalue weighted by atomic mass is 32.1. The summed E-state index contributed by atoms with van der Waals surface area (Å²) < 4.78 is 11.6. The van der Waals surface area contributed by atoms with Crippen molar-refractivity contribution in [3.8, 4) is 11.6 Å². The molecule has 0 atom stereocenters. The predicted octanol–water partition coefficient (Wildman–Crippen LogP) is 5.24. The number of esters is 2. The molecule has 1 aliphatic heterocycles. The minimum absolute atomic E-state index is 0.246. The number of nitrogens with zero attached hydrogens (tertiary/aromatic N) is 3. The number of benzene rings is 2. The van der Waals surface area contributed by atoms with Crippen LogP contribution in [0.1, 0.15) is 57.5 Å². The zero-order valence-corrected chi connectivity index (χ0v) is 24.0. The monoisotopic (exact) mass is 573 g/mol. The molecule has 41 heavy (non-hydrogen) atoms. The number of aromatic nitrogens is 1. The molecule has 0 saturated heterocycles. The number of aromatic hydroxyl groups is 1. The van der Waals surface area contributed by atoms with E-state index in [4.69, 9.17) is 14.5 Å². The second-order valence-corrected chi connectivity index (χ2v) is 10.6. The van der Waals surface area contributed by atoms with Crippen LogP contribution in [0.5, 0.6) is 5.88 Å². The second-order valence-electron chi connectivity index (χ2n) is 9.47. The van der Waals surface area contributed by atoms with E-state index in [9.17, 15) is 19.5 Å². The van der Waals surface area contributed by atoms with Gasteiger partial charge < -0.3 is 14.6 Å². The van der Waals surface area contributed by atoms with Crippen molar-refractivity contribution in [2.75, 3.05) is 26.3 Å². The maximum Gasteiger partial charge on any atom is 0.341 e. The smallest absolute Gasteiger partial charge is 0.341 e. The number of hydrogen-bond acceptors (Lipinski definition) is 9. The summed E-state index contributed by atoms with van der Waals surface area (Å²) in [6.45, 7) is 8.59. The average Bonchev–Trinajstić information content (AvgIpc) is 3.35. The van der Waals surface area contributed by atoms with Crippen molar-refractivity contribution in [1.29, 1.82) is 0 Å². The number of aliphatic imine (C=N–C) groups is 1. The van der Waals surface area contributed by atoms with Crippen LogP contribution in [-0.4, -0.2) is 59.0 Å². The standard InChI is InChI=1S/C31H31N3O6S/c1-4-33-16-15-23-25(18-33)41-27(26(23)31(38)40-6-3)32-17-24-21-9-7-8-10-22(21)28(35)34(29(24)36)20-13-11-19(12-14-20)30(37)39-5-2/h7-14,17,36H,4-6,15-16,18H2,1-3H3/b32-17+. The Balaban J connectivity index is 1.63. The fraction of sp³-hybridized carbons (Fsp3) is 0.290. The molecule has 0 radical (unpaired) electrons. The summed E-state index contributed by atoms with van der Waals surface area (Å²) in [6.07, 6.45) is 2.22. The van der Waals surface area contributed by atoms with Crippen molar-refractivity contribution < 1.29 is 24.2 Å². The van der Waals surface area contributed by atoms with E-state index < -0.39 is 17.5 Å². The fourth-order valence-electron chi connectivity index (χ4n) is 5.03. The van der Waals surface area contributed by atoms with Crippen molar-refractivity contribution >= 4 is 45.3 Å². The van der Waals surface area contributed by atoms with E-state index in [-0.39, 0.29) is 19.1 Å². The Kier molecular flexibility index (Phi) is 8.32. The summed E-state index contributed by atoms with van der Waals surface area (Å²) >= 11 is 1.44. The predicted molar refractivity (Wildman–Crippen MR) is 159 cm³/mol. The lowest BCUT2D eigenvalue weighted by Crippen LogP contribution is -2.29. The average molecular weight is 574 g/mol. The Morgan fingerprint density at radius 3 is 2.37 bits per heavy atom. The molecule has 212 valence electrons. The van der Waals surface area contributed by atoms with Crippen LogP contribution in [0.3, 0.4) is 0 Å². The van der Waals surface area contributed by atoms with Crippen LogP contribution in [0, 0.1) is 0 Å². The Morgan fingerprint density at radius 2 is 1.68 bits per heavy atom. The van der Waals surface area contributed by atoms with E-state index in [1.54, 1.807) is 62.4 Å². The zero-order chi connectivity index (χ0) is 29.1. The molecular formula is C31H31N3O6S. The van der Waals surface area contributed by atoms with Crippen LogP contribution < -0.4 is 5.56 Å². The number of hydrogen-bond donors (Lipinski definition) is 1. The lowest BCUT2D eigenvalue weighted by Gasteiger charge is -2.25. The molecule has 0 saturated carbocycles. The van der Waals surface area contributed by atoms with Crippen LogP contribution in [0.25, 0.3) is 16.5 Å². The summed E-state index contributed by atoms with van der Waals surface area (Å²) in [6, 6.07) is 13.2. The number of pyridine rings is 1. The van der Waals surface area contributed by atoms with Crippen LogP contribution in [-0.2, 0) is 22.4 Å². The van der Waals surface area contributed by atoms with E-state index in [1.807, 2.05) is 0 Å². The van der Waals surface area contributed by atoms with Gasteiger partial charge in [0.2, 0.25) is 5.88 Å². The van der Waals surface area contributed by atoms with Crippen molar-refractivity contribution in [1.82, 2.24) is 9.47 Å². The van der Waals surface area contributed by atoms with Crippen molar-refractivity contribution in [2.45, 2.75) is 33.7 Å². The molecule has 9 nitrogen and oxygen atoms in total. The van der Waals surface area contributed by atoms with Gasteiger partial charge in [0.05, 0.1) is 35.6 Å². The number of likely N-dealkylation sites (N-methyl/N-ethyl adjacent to an activating group) is 1. The molecule has 10 heteroatoms. The summed E-state index contributed by atoms with van der Waals surface area (Å²) in [5.74, 6) is -1.19. The van der Waals surface area contributed by atoms with E-state index in [0.29, 0.717) is 38.2 Å². The Labute approximate surface area is 241 Å². The van der Waals surface area contributed by atoms with Gasteiger partial charge in [-0.15, -0.1) is 11.3 Å².